The Hall–Kier alpha value is -4.89. The van der Waals surface area contributed by atoms with Crippen LogP contribution in [0.3, 0.4) is 0 Å². The lowest BCUT2D eigenvalue weighted by Gasteiger charge is -2.29. The summed E-state index contributed by atoms with van der Waals surface area (Å²) >= 11 is 0. The molecule has 4 aromatic rings. The van der Waals surface area contributed by atoms with Crippen molar-refractivity contribution in [2.24, 2.45) is 5.73 Å². The Morgan fingerprint density at radius 3 is 2.45 bits per heavy atom. The van der Waals surface area contributed by atoms with Crippen LogP contribution in [0.2, 0.25) is 0 Å². The molecule has 9 heteroatoms. The highest BCUT2D eigenvalue weighted by Gasteiger charge is 2.32. The minimum absolute atomic E-state index is 0.128. The van der Waals surface area contributed by atoms with Gasteiger partial charge in [-0.15, -0.1) is 0 Å². The smallest absolute Gasteiger partial charge is 0.312 e. The average molecular weight is 594 g/mol. The molecule has 5 N–H and O–H groups in total. The van der Waals surface area contributed by atoms with E-state index in [0.29, 0.717) is 32.5 Å². The van der Waals surface area contributed by atoms with E-state index in [9.17, 15) is 14.4 Å². The Morgan fingerprint density at radius 2 is 1.70 bits per heavy atom. The summed E-state index contributed by atoms with van der Waals surface area (Å²) in [7, 11) is 0. The maximum atomic E-state index is 14.0. The number of anilines is 1. The number of para-hydroxylation sites is 1. The van der Waals surface area contributed by atoms with Crippen molar-refractivity contribution >= 4 is 23.5 Å². The first-order chi connectivity index (χ1) is 21.2. The Kier molecular flexibility index (Phi) is 9.45. The van der Waals surface area contributed by atoms with Crippen LogP contribution in [0.25, 0.3) is 11.1 Å². The van der Waals surface area contributed by atoms with Crippen LogP contribution >= 0.6 is 0 Å². The molecule has 9 nitrogen and oxygen atoms in total. The highest BCUT2D eigenvalue weighted by Crippen LogP contribution is 2.30. The summed E-state index contributed by atoms with van der Waals surface area (Å²) in [5.41, 5.74) is 10.6. The van der Waals surface area contributed by atoms with Gasteiger partial charge in [0.1, 0.15) is 11.8 Å². The lowest BCUT2D eigenvalue weighted by Crippen LogP contribution is -2.50. The van der Waals surface area contributed by atoms with Gasteiger partial charge in [0.2, 0.25) is 11.8 Å². The second kappa shape index (κ2) is 13.6. The van der Waals surface area contributed by atoms with Crippen molar-refractivity contribution in [3.05, 3.63) is 114 Å². The summed E-state index contributed by atoms with van der Waals surface area (Å²) in [6.45, 7) is 5.12. The first-order valence-electron chi connectivity index (χ1n) is 14.8. The molecule has 0 spiro atoms. The number of furan rings is 1. The molecule has 1 aliphatic rings. The maximum absolute atomic E-state index is 14.0. The van der Waals surface area contributed by atoms with Crippen LogP contribution in [0.1, 0.15) is 49.1 Å². The molecule has 5 rings (SSSR count). The number of nitrogens with zero attached hydrogens (tertiary/aromatic N) is 1. The third kappa shape index (κ3) is 7.73. The van der Waals surface area contributed by atoms with Crippen molar-refractivity contribution in [1.82, 2.24) is 16.0 Å². The minimum Gasteiger partial charge on any atom is -0.468 e. The van der Waals surface area contributed by atoms with Crippen molar-refractivity contribution < 1.29 is 18.8 Å². The molecule has 0 radical (unpaired) electrons. The van der Waals surface area contributed by atoms with Gasteiger partial charge in [-0.2, -0.15) is 0 Å². The van der Waals surface area contributed by atoms with Crippen molar-refractivity contribution in [2.75, 3.05) is 4.90 Å². The Bertz CT molecular complexity index is 1600. The monoisotopic (exact) mass is 593 g/mol. The number of fused-ring (bicyclic) bond motifs is 1. The minimum atomic E-state index is -0.639. The molecule has 0 bridgehead atoms. The average Bonchev–Trinajstić information content (AvgIpc) is 3.50. The van der Waals surface area contributed by atoms with Gasteiger partial charge in [0, 0.05) is 24.2 Å². The lowest BCUT2D eigenvalue weighted by molar-refractivity contribution is -0.128. The van der Waals surface area contributed by atoms with Crippen molar-refractivity contribution in [3.63, 3.8) is 0 Å². The van der Waals surface area contributed by atoms with E-state index in [-0.39, 0.29) is 18.2 Å². The van der Waals surface area contributed by atoms with Crippen molar-refractivity contribution in [3.8, 4) is 11.1 Å². The number of nitrogens with one attached hydrogen (secondary N) is 3. The molecule has 228 valence electrons. The fourth-order valence-corrected chi connectivity index (χ4v) is 5.57. The molecule has 0 unspecified atom stereocenters. The Labute approximate surface area is 257 Å². The van der Waals surface area contributed by atoms with Crippen molar-refractivity contribution in [1.29, 1.82) is 0 Å². The topological polar surface area (TPSA) is 130 Å². The van der Waals surface area contributed by atoms with Crippen LogP contribution in [-0.4, -0.2) is 29.4 Å². The van der Waals surface area contributed by atoms with E-state index in [0.717, 1.165) is 39.3 Å². The number of hydrogen-bond acceptors (Lipinski definition) is 5. The number of urea groups is 1. The van der Waals surface area contributed by atoms with Gasteiger partial charge in [-0.1, -0.05) is 66.7 Å². The number of benzene rings is 3. The van der Waals surface area contributed by atoms with Crippen molar-refractivity contribution in [2.45, 2.75) is 64.3 Å². The van der Waals surface area contributed by atoms with Crippen LogP contribution in [0.4, 0.5) is 10.5 Å². The van der Waals surface area contributed by atoms with Gasteiger partial charge in [0.15, 0.2) is 0 Å². The maximum Gasteiger partial charge on any atom is 0.312 e. The van der Waals surface area contributed by atoms with Crippen LogP contribution in [-0.2, 0) is 35.6 Å². The van der Waals surface area contributed by atoms with E-state index in [1.54, 1.807) is 11.2 Å². The quantitative estimate of drug-likeness (QED) is 0.194. The molecule has 0 saturated heterocycles. The molecule has 0 fully saturated rings. The predicted octanol–water partition coefficient (Wildman–Crippen LogP) is 5.04. The first kappa shape index (κ1) is 30.6. The number of rotatable bonds is 11. The van der Waals surface area contributed by atoms with Crippen LogP contribution < -0.4 is 26.6 Å². The number of hydrogen-bond donors (Lipinski definition) is 4. The molecular formula is C35H39N5O4. The van der Waals surface area contributed by atoms with Gasteiger partial charge in [-0.25, -0.2) is 4.79 Å². The van der Waals surface area contributed by atoms with E-state index in [1.165, 1.54) is 0 Å². The van der Waals surface area contributed by atoms with Gasteiger partial charge in [0.25, 0.3) is 0 Å². The zero-order valence-electron chi connectivity index (χ0n) is 25.1. The zero-order chi connectivity index (χ0) is 31.1. The number of amides is 4. The molecule has 0 saturated carbocycles. The highest BCUT2D eigenvalue weighted by molar-refractivity contribution is 6.00. The Morgan fingerprint density at radius 1 is 0.955 bits per heavy atom. The standard InChI is InChI=1S/C35H39N5O4/c1-35(2,38-22-28-10-7-19-44-28)20-32(41)39-30-18-17-26-8-4-6-12-31(26)40(33(30)42)23-24-13-15-25(16-14-24)29-11-5-3-9-27(29)21-37-34(36)43/h3-16,19,30,38H,17-18,20-23H2,1-2H3,(H,39,41)(H3,36,37,43)/t30-/m1/s1. The van der Waals surface area contributed by atoms with E-state index in [2.05, 4.69) is 16.0 Å². The third-order valence-electron chi connectivity index (χ3n) is 7.88. The van der Waals surface area contributed by atoms with E-state index in [4.69, 9.17) is 10.2 Å². The van der Waals surface area contributed by atoms with E-state index >= 15 is 0 Å². The summed E-state index contributed by atoms with van der Waals surface area (Å²) in [4.78, 5) is 40.2. The summed E-state index contributed by atoms with van der Waals surface area (Å²) in [6.07, 6.45) is 3.03. The normalized spacial score (nSPS) is 14.9. The van der Waals surface area contributed by atoms with Gasteiger partial charge in [-0.3, -0.25) is 9.59 Å². The van der Waals surface area contributed by atoms with Gasteiger partial charge >= 0.3 is 6.03 Å². The van der Waals surface area contributed by atoms with Gasteiger partial charge in [-0.05, 0) is 72.7 Å². The first-order valence-corrected chi connectivity index (χ1v) is 14.8. The number of aryl methyl sites for hydroxylation is 1. The van der Waals surface area contributed by atoms with Crippen LogP contribution in [0.15, 0.2) is 95.6 Å². The number of primary amides is 1. The SMILES string of the molecule is CC(C)(CC(=O)N[C@@H]1CCc2ccccc2N(Cc2ccc(-c3ccccc3CNC(N)=O)cc2)C1=O)NCc1ccco1. The molecule has 4 amide bonds. The van der Waals surface area contributed by atoms with Crippen LogP contribution in [0, 0.1) is 0 Å². The number of carbonyl (C=O) groups excluding carboxylic acids is 3. The highest BCUT2D eigenvalue weighted by atomic mass is 16.3. The summed E-state index contributed by atoms with van der Waals surface area (Å²) in [5.74, 6) is 0.486. The summed E-state index contributed by atoms with van der Waals surface area (Å²) in [5, 5.41) is 9.06. The van der Waals surface area contributed by atoms with E-state index < -0.39 is 17.6 Å². The summed E-state index contributed by atoms with van der Waals surface area (Å²) in [6, 6.07) is 26.3. The fraction of sp³-hybridized carbons (Fsp3) is 0.286. The van der Waals surface area contributed by atoms with Gasteiger partial charge < -0.3 is 31.0 Å². The predicted molar refractivity (Wildman–Crippen MR) is 170 cm³/mol. The molecule has 2 heterocycles. The number of nitrogens with two attached hydrogens (primary N) is 1. The van der Waals surface area contributed by atoms with E-state index in [1.807, 2.05) is 98.8 Å². The largest absolute Gasteiger partial charge is 0.468 e. The molecule has 1 atom stereocenters. The number of carbonyl (C=O) groups is 3. The van der Waals surface area contributed by atoms with Gasteiger partial charge in [0.05, 0.1) is 19.4 Å². The molecule has 1 aliphatic heterocycles. The fourth-order valence-electron chi connectivity index (χ4n) is 5.57. The molecule has 3 aromatic carbocycles. The van der Waals surface area contributed by atoms with Crippen LogP contribution in [0.5, 0.6) is 0 Å². The molecule has 1 aromatic heterocycles. The zero-order valence-corrected chi connectivity index (χ0v) is 25.1. The second-order valence-electron chi connectivity index (χ2n) is 11.8. The molecular weight excluding hydrogens is 554 g/mol. The lowest BCUT2D eigenvalue weighted by atomic mass is 9.98. The molecule has 44 heavy (non-hydrogen) atoms. The third-order valence-corrected chi connectivity index (χ3v) is 7.88. The molecule has 0 aliphatic carbocycles. The Balaban J connectivity index is 1.30. The second-order valence-corrected chi connectivity index (χ2v) is 11.8. The summed E-state index contributed by atoms with van der Waals surface area (Å²) < 4.78 is 5.40.